The van der Waals surface area contributed by atoms with Gasteiger partial charge in [0.15, 0.2) is 6.29 Å². The molecule has 0 radical (unpaired) electrons. The Morgan fingerprint density at radius 3 is 2.89 bits per heavy atom. The maximum absolute atomic E-state index is 11.2. The summed E-state index contributed by atoms with van der Waals surface area (Å²) in [5.74, 6) is 1.63. The molecule has 3 heterocycles. The van der Waals surface area contributed by atoms with Crippen LogP contribution in [0.5, 0.6) is 0 Å². The minimum Gasteiger partial charge on any atom is -0.340 e. The Bertz CT molecular complexity index is 1140. The molecule has 6 heteroatoms. The largest absolute Gasteiger partial charge is 0.340 e. The first-order valence-electron chi connectivity index (χ1n) is 9.39. The lowest BCUT2D eigenvalue weighted by molar-refractivity contribution is 0.112. The van der Waals surface area contributed by atoms with E-state index >= 15 is 0 Å². The summed E-state index contributed by atoms with van der Waals surface area (Å²) in [5, 5.41) is 8.88. The molecule has 0 spiro atoms. The molecule has 0 saturated heterocycles. The van der Waals surface area contributed by atoms with Crippen LogP contribution in [0.2, 0.25) is 0 Å². The summed E-state index contributed by atoms with van der Waals surface area (Å²) in [4.78, 5) is 16.1. The van der Waals surface area contributed by atoms with E-state index in [1.54, 1.807) is 0 Å². The lowest BCUT2D eigenvalue weighted by Crippen LogP contribution is -2.09. The van der Waals surface area contributed by atoms with Crippen molar-refractivity contribution in [3.63, 3.8) is 0 Å². The van der Waals surface area contributed by atoms with Crippen molar-refractivity contribution < 1.29 is 4.79 Å². The van der Waals surface area contributed by atoms with Gasteiger partial charge in [0.25, 0.3) is 0 Å². The molecule has 142 valence electrons. The number of aldehydes is 1. The molecule has 0 fully saturated rings. The van der Waals surface area contributed by atoms with Crippen molar-refractivity contribution in [3.8, 4) is 0 Å². The summed E-state index contributed by atoms with van der Waals surface area (Å²) in [6.45, 7) is 4.07. The summed E-state index contributed by atoms with van der Waals surface area (Å²) in [7, 11) is 1.94. The monoisotopic (exact) mass is 373 g/mol. The highest BCUT2D eigenvalue weighted by atomic mass is 16.1. The predicted molar refractivity (Wildman–Crippen MR) is 113 cm³/mol. The average molecular weight is 373 g/mol. The SMILES string of the molecule is CCC1=C(Nc2ccc3c(cnn3C)c2)N=C(n2cc(C)c(C=O)c2)C=CC1. The number of fused-ring (bicyclic) bond motifs is 1. The molecule has 28 heavy (non-hydrogen) atoms. The molecule has 0 aliphatic carbocycles. The number of nitrogens with zero attached hydrogens (tertiary/aromatic N) is 4. The number of aromatic nitrogens is 3. The van der Waals surface area contributed by atoms with Gasteiger partial charge in [-0.25, -0.2) is 4.99 Å². The zero-order valence-electron chi connectivity index (χ0n) is 16.3. The minimum atomic E-state index is 0.677. The first-order valence-corrected chi connectivity index (χ1v) is 9.39. The second kappa shape index (κ2) is 7.31. The van der Waals surface area contributed by atoms with Gasteiger partial charge in [-0.05, 0) is 55.2 Å². The first-order chi connectivity index (χ1) is 13.6. The van der Waals surface area contributed by atoms with E-state index in [2.05, 4.69) is 35.5 Å². The Morgan fingerprint density at radius 2 is 2.14 bits per heavy atom. The third kappa shape index (κ3) is 3.29. The number of aryl methyl sites for hydroxylation is 2. The van der Waals surface area contributed by atoms with Crippen LogP contribution in [0.3, 0.4) is 0 Å². The summed E-state index contributed by atoms with van der Waals surface area (Å²) in [5.41, 5.74) is 4.91. The van der Waals surface area contributed by atoms with E-state index in [1.807, 2.05) is 54.0 Å². The van der Waals surface area contributed by atoms with Crippen molar-refractivity contribution in [2.24, 2.45) is 12.0 Å². The van der Waals surface area contributed by atoms with Crippen LogP contribution >= 0.6 is 0 Å². The molecule has 0 unspecified atom stereocenters. The van der Waals surface area contributed by atoms with Crippen LogP contribution in [-0.2, 0) is 7.05 Å². The lowest BCUT2D eigenvalue weighted by Gasteiger charge is -2.12. The van der Waals surface area contributed by atoms with Gasteiger partial charge in [0.1, 0.15) is 11.7 Å². The van der Waals surface area contributed by atoms with Gasteiger partial charge >= 0.3 is 0 Å². The Labute approximate surface area is 163 Å². The number of hydrogen-bond acceptors (Lipinski definition) is 4. The number of aliphatic imine (C=N–C) groups is 1. The van der Waals surface area contributed by atoms with Crippen molar-refractivity contribution in [2.75, 3.05) is 5.32 Å². The number of benzene rings is 1. The van der Waals surface area contributed by atoms with Crippen molar-refractivity contribution >= 4 is 28.7 Å². The smallest absolute Gasteiger partial charge is 0.151 e. The summed E-state index contributed by atoms with van der Waals surface area (Å²) < 4.78 is 3.76. The van der Waals surface area contributed by atoms with Crippen LogP contribution in [-0.4, -0.2) is 26.5 Å². The van der Waals surface area contributed by atoms with E-state index < -0.39 is 0 Å². The standard InChI is InChI=1S/C22H23N5O/c1-4-16-6-5-7-21(27-12-15(2)18(13-27)14-28)25-22(16)24-19-8-9-20-17(10-19)11-23-26(20)3/h5,7-14,24H,4,6H2,1-3H3. The predicted octanol–water partition coefficient (Wildman–Crippen LogP) is 4.44. The maximum Gasteiger partial charge on any atom is 0.151 e. The van der Waals surface area contributed by atoms with Crippen LogP contribution in [0.25, 0.3) is 10.9 Å². The number of carbonyl (C=O) groups is 1. The number of rotatable bonds is 4. The van der Waals surface area contributed by atoms with Gasteiger partial charge in [0, 0.05) is 36.1 Å². The molecule has 1 aliphatic rings. The van der Waals surface area contributed by atoms with E-state index in [-0.39, 0.29) is 0 Å². The van der Waals surface area contributed by atoms with Crippen LogP contribution in [0, 0.1) is 6.92 Å². The van der Waals surface area contributed by atoms with E-state index in [9.17, 15) is 4.79 Å². The Kier molecular flexibility index (Phi) is 4.69. The first kappa shape index (κ1) is 18.0. The quantitative estimate of drug-likeness (QED) is 0.688. The molecular weight excluding hydrogens is 350 g/mol. The molecule has 1 N–H and O–H groups in total. The van der Waals surface area contributed by atoms with Crippen LogP contribution < -0.4 is 5.32 Å². The molecule has 1 aromatic carbocycles. The van der Waals surface area contributed by atoms with Crippen LogP contribution in [0.4, 0.5) is 5.69 Å². The molecular formula is C22H23N5O. The van der Waals surface area contributed by atoms with Gasteiger partial charge in [-0.15, -0.1) is 0 Å². The minimum absolute atomic E-state index is 0.677. The Balaban J connectivity index is 1.72. The van der Waals surface area contributed by atoms with Crippen LogP contribution in [0.1, 0.15) is 35.7 Å². The van der Waals surface area contributed by atoms with E-state index in [4.69, 9.17) is 4.99 Å². The second-order valence-electron chi connectivity index (χ2n) is 6.97. The maximum atomic E-state index is 11.2. The van der Waals surface area contributed by atoms with Gasteiger partial charge < -0.3 is 9.88 Å². The Hall–Kier alpha value is -3.41. The molecule has 0 bridgehead atoms. The third-order valence-corrected chi connectivity index (χ3v) is 5.09. The molecule has 2 aromatic heterocycles. The van der Waals surface area contributed by atoms with Crippen molar-refractivity contribution in [1.82, 2.24) is 14.3 Å². The zero-order valence-corrected chi connectivity index (χ0v) is 16.3. The number of carbonyl (C=O) groups excluding carboxylic acids is 1. The highest BCUT2D eigenvalue weighted by Crippen LogP contribution is 2.24. The normalized spacial score (nSPS) is 14.3. The molecule has 0 saturated carbocycles. The lowest BCUT2D eigenvalue weighted by atomic mass is 10.1. The molecule has 3 aromatic rings. The van der Waals surface area contributed by atoms with Crippen molar-refractivity contribution in [3.05, 3.63) is 71.5 Å². The van der Waals surface area contributed by atoms with E-state index in [0.29, 0.717) is 5.56 Å². The number of allylic oxidation sites excluding steroid dienone is 3. The number of nitrogens with one attached hydrogen (secondary N) is 1. The summed E-state index contributed by atoms with van der Waals surface area (Å²) in [6, 6.07) is 6.19. The zero-order chi connectivity index (χ0) is 19.7. The van der Waals surface area contributed by atoms with Crippen LogP contribution in [0.15, 0.2) is 65.3 Å². The molecule has 6 nitrogen and oxygen atoms in total. The molecule has 0 amide bonds. The number of anilines is 1. The van der Waals surface area contributed by atoms with Crippen molar-refractivity contribution in [2.45, 2.75) is 26.7 Å². The fourth-order valence-electron chi connectivity index (χ4n) is 3.41. The topological polar surface area (TPSA) is 64.2 Å². The van der Waals surface area contributed by atoms with Gasteiger partial charge in [0.2, 0.25) is 0 Å². The molecule has 0 atom stereocenters. The fourth-order valence-corrected chi connectivity index (χ4v) is 3.41. The Morgan fingerprint density at radius 1 is 1.29 bits per heavy atom. The molecule has 4 rings (SSSR count). The third-order valence-electron chi connectivity index (χ3n) is 5.09. The summed E-state index contributed by atoms with van der Waals surface area (Å²) in [6.07, 6.45) is 12.4. The van der Waals surface area contributed by atoms with Gasteiger partial charge in [0.05, 0.1) is 11.7 Å². The second-order valence-corrected chi connectivity index (χ2v) is 6.97. The van der Waals surface area contributed by atoms with Gasteiger partial charge in [-0.2, -0.15) is 5.10 Å². The molecule has 1 aliphatic heterocycles. The highest BCUT2D eigenvalue weighted by Gasteiger charge is 2.12. The van der Waals surface area contributed by atoms with Gasteiger partial charge in [-0.3, -0.25) is 9.48 Å². The summed E-state index contributed by atoms with van der Waals surface area (Å²) >= 11 is 0. The number of hydrogen-bond donors (Lipinski definition) is 1. The highest BCUT2D eigenvalue weighted by molar-refractivity contribution is 5.97. The van der Waals surface area contributed by atoms with E-state index in [0.717, 1.165) is 52.9 Å². The fraction of sp³-hybridized carbons (Fsp3) is 0.227. The van der Waals surface area contributed by atoms with Gasteiger partial charge in [-0.1, -0.05) is 13.0 Å². The van der Waals surface area contributed by atoms with Crippen molar-refractivity contribution in [1.29, 1.82) is 0 Å². The van der Waals surface area contributed by atoms with E-state index in [1.165, 1.54) is 5.57 Å². The average Bonchev–Trinajstić information content (AvgIpc) is 3.18.